The van der Waals surface area contributed by atoms with Gasteiger partial charge in [0.1, 0.15) is 0 Å². The number of benzene rings is 1. The zero-order valence-corrected chi connectivity index (χ0v) is 12.6. The number of aliphatic carboxylic acids is 1. The van der Waals surface area contributed by atoms with Crippen molar-refractivity contribution in [1.29, 1.82) is 0 Å². The summed E-state index contributed by atoms with van der Waals surface area (Å²) in [7, 11) is 0. The third-order valence-corrected chi connectivity index (χ3v) is 4.49. The lowest BCUT2D eigenvalue weighted by atomic mass is 9.66. The Bertz CT molecular complexity index is 541. The third kappa shape index (κ3) is 3.30. The number of amides is 1. The lowest BCUT2D eigenvalue weighted by Gasteiger charge is -2.40. The van der Waals surface area contributed by atoms with Gasteiger partial charge in [-0.2, -0.15) is 0 Å². The Morgan fingerprint density at radius 3 is 2.65 bits per heavy atom. The number of carboxylic acid groups (broad SMARTS) is 1. The molecule has 0 saturated heterocycles. The van der Waals surface area contributed by atoms with E-state index in [1.54, 1.807) is 18.2 Å². The van der Waals surface area contributed by atoms with Gasteiger partial charge in [-0.25, -0.2) is 0 Å². The lowest BCUT2D eigenvalue weighted by molar-refractivity contribution is -0.141. The number of carbonyl (C=O) groups excluding carboxylic acids is 1. The standard InChI is InChI=1S/C14H17BrN2O3/c15-11-3-2-9(16)6-10(11)13(20)17-8-14(4-1-5-14)7-12(18)19/h2-3,6H,1,4-5,7-8,16H2,(H,17,20)(H,18,19). The van der Waals surface area contributed by atoms with Crippen molar-refractivity contribution in [1.82, 2.24) is 5.32 Å². The van der Waals surface area contributed by atoms with Gasteiger partial charge in [0.15, 0.2) is 0 Å². The number of carboxylic acids is 1. The lowest BCUT2D eigenvalue weighted by Crippen LogP contribution is -2.43. The number of halogens is 1. The number of hydrogen-bond donors (Lipinski definition) is 3. The summed E-state index contributed by atoms with van der Waals surface area (Å²) in [4.78, 5) is 23.0. The molecule has 4 N–H and O–H groups in total. The zero-order valence-electron chi connectivity index (χ0n) is 11.0. The summed E-state index contributed by atoms with van der Waals surface area (Å²) in [6.07, 6.45) is 2.81. The second kappa shape index (κ2) is 5.83. The van der Waals surface area contributed by atoms with E-state index in [0.717, 1.165) is 19.3 Å². The minimum Gasteiger partial charge on any atom is -0.481 e. The molecule has 1 saturated carbocycles. The van der Waals surface area contributed by atoms with E-state index < -0.39 is 5.97 Å². The molecule has 1 aromatic rings. The van der Waals surface area contributed by atoms with E-state index in [9.17, 15) is 9.59 Å². The summed E-state index contributed by atoms with van der Waals surface area (Å²) in [6, 6.07) is 5.03. The molecule has 1 aliphatic rings. The molecule has 0 unspecified atom stereocenters. The van der Waals surface area contributed by atoms with Gasteiger partial charge in [0.2, 0.25) is 0 Å². The molecule has 5 nitrogen and oxygen atoms in total. The first-order chi connectivity index (χ1) is 9.42. The molecular formula is C14H17BrN2O3. The molecule has 2 rings (SSSR count). The molecule has 0 heterocycles. The first-order valence-corrected chi connectivity index (χ1v) is 7.26. The molecule has 0 atom stereocenters. The molecule has 20 heavy (non-hydrogen) atoms. The summed E-state index contributed by atoms with van der Waals surface area (Å²) in [5.74, 6) is -1.05. The van der Waals surface area contributed by atoms with Crippen molar-refractivity contribution >= 4 is 33.5 Å². The predicted octanol–water partition coefficient (Wildman–Crippen LogP) is 2.41. The van der Waals surface area contributed by atoms with E-state index in [2.05, 4.69) is 21.2 Å². The van der Waals surface area contributed by atoms with Gasteiger partial charge in [0.25, 0.3) is 5.91 Å². The van der Waals surface area contributed by atoms with Gasteiger partial charge in [0, 0.05) is 16.7 Å². The van der Waals surface area contributed by atoms with Crippen LogP contribution < -0.4 is 11.1 Å². The van der Waals surface area contributed by atoms with Gasteiger partial charge in [-0.1, -0.05) is 6.42 Å². The first-order valence-electron chi connectivity index (χ1n) is 6.47. The molecule has 108 valence electrons. The van der Waals surface area contributed by atoms with Crippen molar-refractivity contribution in [3.05, 3.63) is 28.2 Å². The fourth-order valence-corrected chi connectivity index (χ4v) is 2.92. The van der Waals surface area contributed by atoms with Crippen LogP contribution >= 0.6 is 15.9 Å². The van der Waals surface area contributed by atoms with Crippen molar-refractivity contribution in [2.75, 3.05) is 12.3 Å². The first kappa shape index (κ1) is 14.8. The highest BCUT2D eigenvalue weighted by Crippen LogP contribution is 2.43. The number of anilines is 1. The smallest absolute Gasteiger partial charge is 0.303 e. The van der Waals surface area contributed by atoms with Gasteiger partial charge < -0.3 is 16.2 Å². The average molecular weight is 341 g/mol. The number of nitrogens with two attached hydrogens (primary N) is 1. The van der Waals surface area contributed by atoms with E-state index in [1.807, 2.05) is 0 Å². The van der Waals surface area contributed by atoms with E-state index in [1.165, 1.54) is 0 Å². The van der Waals surface area contributed by atoms with Crippen molar-refractivity contribution in [3.8, 4) is 0 Å². The highest BCUT2D eigenvalue weighted by molar-refractivity contribution is 9.10. The molecule has 1 fully saturated rings. The summed E-state index contributed by atoms with van der Waals surface area (Å²) in [6.45, 7) is 0.388. The van der Waals surface area contributed by atoms with Gasteiger partial charge in [-0.15, -0.1) is 0 Å². The second-order valence-corrected chi connectivity index (χ2v) is 6.20. The monoisotopic (exact) mass is 340 g/mol. The molecule has 6 heteroatoms. The van der Waals surface area contributed by atoms with E-state index >= 15 is 0 Å². The van der Waals surface area contributed by atoms with Crippen LogP contribution in [0.15, 0.2) is 22.7 Å². The fraction of sp³-hybridized carbons (Fsp3) is 0.429. The molecular weight excluding hydrogens is 324 g/mol. The molecule has 0 spiro atoms. The summed E-state index contributed by atoms with van der Waals surface area (Å²) in [5, 5.41) is 11.8. The maximum absolute atomic E-state index is 12.1. The zero-order chi connectivity index (χ0) is 14.8. The molecule has 0 aromatic heterocycles. The van der Waals surface area contributed by atoms with Crippen LogP contribution in [0.25, 0.3) is 0 Å². The van der Waals surface area contributed by atoms with Gasteiger partial charge in [-0.05, 0) is 52.4 Å². The molecule has 0 radical (unpaired) electrons. The minimum atomic E-state index is -0.816. The summed E-state index contributed by atoms with van der Waals surface area (Å²) in [5.41, 5.74) is 6.37. The Morgan fingerprint density at radius 2 is 2.10 bits per heavy atom. The van der Waals surface area contributed by atoms with E-state index in [-0.39, 0.29) is 17.7 Å². The average Bonchev–Trinajstić information content (AvgIpc) is 2.34. The number of nitrogen functional groups attached to an aromatic ring is 1. The van der Waals surface area contributed by atoms with E-state index in [0.29, 0.717) is 22.3 Å². The third-order valence-electron chi connectivity index (χ3n) is 3.80. The van der Waals surface area contributed by atoms with Gasteiger partial charge >= 0.3 is 5.97 Å². The van der Waals surface area contributed by atoms with Crippen LogP contribution in [0.5, 0.6) is 0 Å². The Labute approximate surface area is 125 Å². The number of rotatable bonds is 5. The minimum absolute atomic E-state index is 0.103. The maximum atomic E-state index is 12.1. The van der Waals surface area contributed by atoms with Crippen LogP contribution in [-0.4, -0.2) is 23.5 Å². The molecule has 1 aliphatic carbocycles. The molecule has 1 aromatic carbocycles. The van der Waals surface area contributed by atoms with Crippen LogP contribution in [0.4, 0.5) is 5.69 Å². The SMILES string of the molecule is Nc1ccc(Br)c(C(=O)NCC2(CC(=O)O)CCC2)c1. The highest BCUT2D eigenvalue weighted by Gasteiger charge is 2.39. The van der Waals surface area contributed by atoms with Crippen LogP contribution in [-0.2, 0) is 4.79 Å². The molecule has 1 amide bonds. The van der Waals surface area contributed by atoms with Crippen LogP contribution in [0.1, 0.15) is 36.0 Å². The summed E-state index contributed by atoms with van der Waals surface area (Å²) >= 11 is 3.31. The van der Waals surface area contributed by atoms with Crippen molar-refractivity contribution in [3.63, 3.8) is 0 Å². The van der Waals surface area contributed by atoms with Gasteiger partial charge in [0.05, 0.1) is 12.0 Å². The Hall–Kier alpha value is -1.56. The quantitative estimate of drug-likeness (QED) is 0.717. The van der Waals surface area contributed by atoms with Crippen LogP contribution in [0.2, 0.25) is 0 Å². The largest absolute Gasteiger partial charge is 0.481 e. The Balaban J connectivity index is 2.01. The molecule has 0 aliphatic heterocycles. The highest BCUT2D eigenvalue weighted by atomic mass is 79.9. The van der Waals surface area contributed by atoms with Crippen LogP contribution in [0, 0.1) is 5.41 Å². The topological polar surface area (TPSA) is 92.4 Å². The Kier molecular flexibility index (Phi) is 4.32. The normalized spacial score (nSPS) is 16.2. The van der Waals surface area contributed by atoms with Crippen molar-refractivity contribution < 1.29 is 14.7 Å². The van der Waals surface area contributed by atoms with E-state index in [4.69, 9.17) is 10.8 Å². The second-order valence-electron chi connectivity index (χ2n) is 5.35. The van der Waals surface area contributed by atoms with Gasteiger partial charge in [-0.3, -0.25) is 9.59 Å². The van der Waals surface area contributed by atoms with Crippen molar-refractivity contribution in [2.45, 2.75) is 25.7 Å². The Morgan fingerprint density at radius 1 is 1.40 bits per heavy atom. The predicted molar refractivity (Wildman–Crippen MR) is 79.4 cm³/mol. The van der Waals surface area contributed by atoms with Crippen LogP contribution in [0.3, 0.4) is 0 Å². The number of carbonyl (C=O) groups is 2. The number of hydrogen-bond acceptors (Lipinski definition) is 3. The fourth-order valence-electron chi connectivity index (χ4n) is 2.49. The molecule has 0 bridgehead atoms. The summed E-state index contributed by atoms with van der Waals surface area (Å²) < 4.78 is 0.671. The number of nitrogens with one attached hydrogen (secondary N) is 1. The maximum Gasteiger partial charge on any atom is 0.303 e. The van der Waals surface area contributed by atoms with Crippen molar-refractivity contribution in [2.24, 2.45) is 5.41 Å².